The normalized spacial score (nSPS) is 12.3. The Balaban J connectivity index is 4.28. The van der Waals surface area contributed by atoms with Crippen molar-refractivity contribution in [2.24, 2.45) is 0 Å². The second kappa shape index (κ2) is 46.3. The lowest BCUT2D eigenvalue weighted by molar-refractivity contribution is -0.167. The molecule has 6 nitrogen and oxygen atoms in total. The lowest BCUT2D eigenvalue weighted by Gasteiger charge is -2.18. The molecular formula is C51H92O6. The highest BCUT2D eigenvalue weighted by atomic mass is 16.6. The van der Waals surface area contributed by atoms with Gasteiger partial charge in [0, 0.05) is 19.3 Å². The van der Waals surface area contributed by atoms with Crippen LogP contribution in [0.2, 0.25) is 0 Å². The van der Waals surface area contributed by atoms with Crippen LogP contribution >= 0.6 is 0 Å². The standard InChI is InChI=1S/C51H92O6/c1-4-7-10-13-16-19-21-22-23-24-25-26-27-28-30-32-35-38-41-44-50(53)56-47-48(46-55-49(52)43-40-37-34-31-18-15-12-9-6-3)57-51(54)45-42-39-36-33-29-20-17-14-11-8-5-2/h14,17,20,24-25,29,48H,4-13,15-16,18-19,21-23,26-28,30-47H2,1-3H3/b17-14-,25-24-,29-20-. The smallest absolute Gasteiger partial charge is 0.306 e. The van der Waals surface area contributed by atoms with Crippen LogP contribution in [0.3, 0.4) is 0 Å². The van der Waals surface area contributed by atoms with Crippen molar-refractivity contribution in [1.82, 2.24) is 0 Å². The zero-order chi connectivity index (χ0) is 41.5. The second-order valence-electron chi connectivity index (χ2n) is 16.4. The summed E-state index contributed by atoms with van der Waals surface area (Å²) in [5.74, 6) is -0.913. The molecule has 0 saturated heterocycles. The Morgan fingerprint density at radius 1 is 0.351 bits per heavy atom. The zero-order valence-electron chi connectivity index (χ0n) is 37.9. The van der Waals surface area contributed by atoms with E-state index in [4.69, 9.17) is 14.2 Å². The molecule has 0 aromatic heterocycles. The maximum absolute atomic E-state index is 12.7. The zero-order valence-corrected chi connectivity index (χ0v) is 37.9. The van der Waals surface area contributed by atoms with Crippen molar-refractivity contribution in [2.75, 3.05) is 13.2 Å². The molecule has 0 amide bonds. The van der Waals surface area contributed by atoms with E-state index in [1.807, 2.05) is 0 Å². The Labute approximate surface area is 353 Å². The fourth-order valence-corrected chi connectivity index (χ4v) is 6.88. The van der Waals surface area contributed by atoms with E-state index in [1.54, 1.807) is 0 Å². The van der Waals surface area contributed by atoms with Gasteiger partial charge >= 0.3 is 17.9 Å². The highest BCUT2D eigenvalue weighted by Crippen LogP contribution is 2.14. The van der Waals surface area contributed by atoms with E-state index in [0.717, 1.165) is 70.6 Å². The van der Waals surface area contributed by atoms with E-state index in [2.05, 4.69) is 57.2 Å². The quantitative estimate of drug-likeness (QED) is 0.0201. The van der Waals surface area contributed by atoms with E-state index >= 15 is 0 Å². The molecule has 0 aliphatic carbocycles. The molecule has 0 bridgehead atoms. The molecule has 0 aromatic rings. The van der Waals surface area contributed by atoms with Crippen molar-refractivity contribution in [3.63, 3.8) is 0 Å². The Morgan fingerprint density at radius 2 is 0.649 bits per heavy atom. The van der Waals surface area contributed by atoms with E-state index in [-0.39, 0.29) is 31.1 Å². The number of esters is 3. The summed E-state index contributed by atoms with van der Waals surface area (Å²) < 4.78 is 16.7. The first-order valence-corrected chi connectivity index (χ1v) is 24.5. The minimum absolute atomic E-state index is 0.0824. The highest BCUT2D eigenvalue weighted by molar-refractivity contribution is 5.71. The molecule has 0 fully saturated rings. The van der Waals surface area contributed by atoms with E-state index in [0.29, 0.717) is 19.3 Å². The largest absolute Gasteiger partial charge is 0.462 e. The molecule has 57 heavy (non-hydrogen) atoms. The third-order valence-electron chi connectivity index (χ3n) is 10.6. The average molecular weight is 801 g/mol. The number of ether oxygens (including phenoxy) is 3. The number of rotatable bonds is 44. The fraction of sp³-hybridized carbons (Fsp3) is 0.824. The van der Waals surface area contributed by atoms with Crippen molar-refractivity contribution in [2.45, 2.75) is 258 Å². The first-order chi connectivity index (χ1) is 28.0. The molecule has 1 unspecified atom stereocenters. The molecule has 0 aromatic carbocycles. The maximum atomic E-state index is 12.7. The molecule has 0 radical (unpaired) electrons. The van der Waals surface area contributed by atoms with Crippen LogP contribution in [0.25, 0.3) is 0 Å². The Bertz CT molecular complexity index is 969. The summed E-state index contributed by atoms with van der Waals surface area (Å²) in [6, 6.07) is 0. The van der Waals surface area contributed by atoms with Gasteiger partial charge in [-0.05, 0) is 64.2 Å². The summed E-state index contributed by atoms with van der Waals surface area (Å²) in [4.78, 5) is 37.7. The van der Waals surface area contributed by atoms with Crippen LogP contribution in [0.15, 0.2) is 36.5 Å². The van der Waals surface area contributed by atoms with Crippen LogP contribution in [0.5, 0.6) is 0 Å². The molecule has 0 rings (SSSR count). The SMILES string of the molecule is CCCC/C=C\C=C/CCCCCC(=O)OC(COC(=O)CCCCCCCCC/C=C\CCCCCCCCCC)COC(=O)CCCCCCCCCCC. The van der Waals surface area contributed by atoms with Gasteiger partial charge < -0.3 is 14.2 Å². The minimum atomic E-state index is -0.782. The molecule has 0 aliphatic heterocycles. The molecule has 0 heterocycles. The number of allylic oxidation sites excluding steroid dienone is 6. The second-order valence-corrected chi connectivity index (χ2v) is 16.4. The van der Waals surface area contributed by atoms with Crippen molar-refractivity contribution in [3.8, 4) is 0 Å². The fourth-order valence-electron chi connectivity index (χ4n) is 6.88. The Hall–Kier alpha value is -2.37. The van der Waals surface area contributed by atoms with Gasteiger partial charge in [-0.25, -0.2) is 0 Å². The summed E-state index contributed by atoms with van der Waals surface area (Å²) in [6.07, 6.45) is 52.8. The van der Waals surface area contributed by atoms with E-state index < -0.39 is 6.10 Å². The number of hydrogen-bond donors (Lipinski definition) is 0. The Kier molecular flexibility index (Phi) is 44.4. The van der Waals surface area contributed by atoms with Crippen LogP contribution in [0.1, 0.15) is 252 Å². The predicted octanol–water partition coefficient (Wildman–Crippen LogP) is 15.8. The van der Waals surface area contributed by atoms with Gasteiger partial charge in [-0.3, -0.25) is 14.4 Å². The van der Waals surface area contributed by atoms with Gasteiger partial charge in [0.05, 0.1) is 0 Å². The lowest BCUT2D eigenvalue weighted by Crippen LogP contribution is -2.30. The topological polar surface area (TPSA) is 78.9 Å². The number of carbonyl (C=O) groups is 3. The van der Waals surface area contributed by atoms with Crippen LogP contribution in [0, 0.1) is 0 Å². The van der Waals surface area contributed by atoms with Crippen molar-refractivity contribution in [3.05, 3.63) is 36.5 Å². The number of carbonyl (C=O) groups excluding carboxylic acids is 3. The summed E-state index contributed by atoms with van der Waals surface area (Å²) >= 11 is 0. The van der Waals surface area contributed by atoms with Crippen molar-refractivity contribution < 1.29 is 28.6 Å². The first-order valence-electron chi connectivity index (χ1n) is 24.5. The minimum Gasteiger partial charge on any atom is -0.462 e. The maximum Gasteiger partial charge on any atom is 0.306 e. The lowest BCUT2D eigenvalue weighted by atomic mass is 10.1. The Morgan fingerprint density at radius 3 is 1.05 bits per heavy atom. The van der Waals surface area contributed by atoms with E-state index in [1.165, 1.54) is 141 Å². The van der Waals surface area contributed by atoms with Gasteiger partial charge in [-0.2, -0.15) is 0 Å². The molecular weight excluding hydrogens is 709 g/mol. The van der Waals surface area contributed by atoms with Gasteiger partial charge in [0.15, 0.2) is 6.10 Å². The molecule has 0 aliphatic rings. The summed E-state index contributed by atoms with van der Waals surface area (Å²) in [5, 5.41) is 0. The molecule has 332 valence electrons. The monoisotopic (exact) mass is 801 g/mol. The van der Waals surface area contributed by atoms with Crippen molar-refractivity contribution >= 4 is 17.9 Å². The predicted molar refractivity (Wildman–Crippen MR) is 242 cm³/mol. The van der Waals surface area contributed by atoms with Crippen molar-refractivity contribution in [1.29, 1.82) is 0 Å². The van der Waals surface area contributed by atoms with Crippen LogP contribution in [-0.2, 0) is 28.6 Å². The molecule has 0 spiro atoms. The molecule has 1 atom stereocenters. The molecule has 0 N–H and O–H groups in total. The highest BCUT2D eigenvalue weighted by Gasteiger charge is 2.19. The van der Waals surface area contributed by atoms with Crippen LogP contribution in [-0.4, -0.2) is 37.2 Å². The van der Waals surface area contributed by atoms with Gasteiger partial charge in [-0.1, -0.05) is 205 Å². The molecule has 0 saturated carbocycles. The number of unbranched alkanes of at least 4 members (excludes halogenated alkanes) is 28. The van der Waals surface area contributed by atoms with Gasteiger partial charge in [0.1, 0.15) is 13.2 Å². The summed E-state index contributed by atoms with van der Waals surface area (Å²) in [6.45, 7) is 6.54. The molecule has 6 heteroatoms. The third-order valence-corrected chi connectivity index (χ3v) is 10.6. The summed E-state index contributed by atoms with van der Waals surface area (Å²) in [5.41, 5.74) is 0. The van der Waals surface area contributed by atoms with Gasteiger partial charge in [0.25, 0.3) is 0 Å². The first kappa shape index (κ1) is 54.6. The number of hydrogen-bond acceptors (Lipinski definition) is 6. The average Bonchev–Trinajstić information content (AvgIpc) is 3.21. The third kappa shape index (κ3) is 44.6. The van der Waals surface area contributed by atoms with Gasteiger partial charge in [-0.15, -0.1) is 0 Å². The summed E-state index contributed by atoms with van der Waals surface area (Å²) in [7, 11) is 0. The van der Waals surface area contributed by atoms with E-state index in [9.17, 15) is 14.4 Å². The van der Waals surface area contributed by atoms with Crippen LogP contribution < -0.4 is 0 Å². The van der Waals surface area contributed by atoms with Crippen LogP contribution in [0.4, 0.5) is 0 Å². The van der Waals surface area contributed by atoms with Gasteiger partial charge in [0.2, 0.25) is 0 Å².